The van der Waals surface area contributed by atoms with Crippen molar-refractivity contribution in [2.24, 2.45) is 5.10 Å². The molecule has 0 unspecified atom stereocenters. The van der Waals surface area contributed by atoms with Crippen molar-refractivity contribution in [3.63, 3.8) is 0 Å². The van der Waals surface area contributed by atoms with Crippen LogP contribution in [0, 0.1) is 0 Å². The summed E-state index contributed by atoms with van der Waals surface area (Å²) in [5, 5.41) is 9.06. The fraction of sp³-hybridized carbons (Fsp3) is 0.353. The highest BCUT2D eigenvalue weighted by molar-refractivity contribution is 7.12. The van der Waals surface area contributed by atoms with E-state index in [0.29, 0.717) is 0 Å². The van der Waals surface area contributed by atoms with Gasteiger partial charge in [-0.05, 0) is 23.9 Å². The summed E-state index contributed by atoms with van der Waals surface area (Å²) < 4.78 is 0. The molecule has 0 radical (unpaired) electrons. The van der Waals surface area contributed by atoms with Crippen LogP contribution in [0.5, 0.6) is 0 Å². The van der Waals surface area contributed by atoms with Crippen LogP contribution in [0.4, 0.5) is 0 Å². The molecule has 0 N–H and O–H groups in total. The lowest BCUT2D eigenvalue weighted by Gasteiger charge is -2.33. The first-order valence-electron chi connectivity index (χ1n) is 7.41. The van der Waals surface area contributed by atoms with Gasteiger partial charge in [-0.2, -0.15) is 5.10 Å². The topological polar surface area (TPSA) is 18.8 Å². The minimum atomic E-state index is 1.01. The number of hydrogen-bond donors (Lipinski definition) is 0. The van der Waals surface area contributed by atoms with Gasteiger partial charge in [0.25, 0.3) is 0 Å². The van der Waals surface area contributed by atoms with Crippen LogP contribution >= 0.6 is 11.3 Å². The van der Waals surface area contributed by atoms with Crippen molar-refractivity contribution in [3.05, 3.63) is 58.3 Å². The van der Waals surface area contributed by atoms with Gasteiger partial charge >= 0.3 is 0 Å². The summed E-state index contributed by atoms with van der Waals surface area (Å²) in [7, 11) is 0. The monoisotopic (exact) mass is 299 g/mol. The van der Waals surface area contributed by atoms with E-state index in [1.807, 2.05) is 0 Å². The van der Waals surface area contributed by atoms with Gasteiger partial charge in [0, 0.05) is 37.6 Å². The number of benzene rings is 1. The fourth-order valence-electron chi connectivity index (χ4n) is 2.58. The molecule has 1 fully saturated rings. The molecule has 1 aliphatic heterocycles. The molecule has 0 amide bonds. The third kappa shape index (κ3) is 3.93. The minimum Gasteiger partial charge on any atom is -0.295 e. The zero-order chi connectivity index (χ0) is 14.5. The van der Waals surface area contributed by atoms with Gasteiger partial charge in [-0.15, -0.1) is 11.3 Å². The number of hydrogen-bond acceptors (Lipinski definition) is 4. The Hall–Kier alpha value is -1.65. The number of hydrazone groups is 1. The summed E-state index contributed by atoms with van der Waals surface area (Å²) in [6.45, 7) is 7.32. The Balaban J connectivity index is 1.52. The van der Waals surface area contributed by atoms with Gasteiger partial charge in [0.05, 0.1) is 5.71 Å². The van der Waals surface area contributed by atoms with Crippen molar-refractivity contribution < 1.29 is 0 Å². The van der Waals surface area contributed by atoms with Crippen LogP contribution < -0.4 is 0 Å². The van der Waals surface area contributed by atoms with Crippen molar-refractivity contribution in [2.75, 3.05) is 26.2 Å². The van der Waals surface area contributed by atoms with Crippen LogP contribution in [0.15, 0.2) is 52.9 Å². The summed E-state index contributed by atoms with van der Waals surface area (Å²) >= 11 is 1.75. The van der Waals surface area contributed by atoms with Crippen LogP contribution in [0.3, 0.4) is 0 Å². The molecular weight excluding hydrogens is 278 g/mol. The molecule has 0 aliphatic carbocycles. The number of piperazine rings is 1. The van der Waals surface area contributed by atoms with Gasteiger partial charge < -0.3 is 0 Å². The Labute approximate surface area is 130 Å². The molecule has 0 saturated carbocycles. The Kier molecular flexibility index (Phi) is 4.68. The molecule has 4 heteroatoms. The Morgan fingerprint density at radius 3 is 2.48 bits per heavy atom. The fourth-order valence-corrected chi connectivity index (χ4v) is 3.26. The van der Waals surface area contributed by atoms with Crippen molar-refractivity contribution in [2.45, 2.75) is 13.5 Å². The molecule has 0 spiro atoms. The van der Waals surface area contributed by atoms with Gasteiger partial charge in [0.2, 0.25) is 0 Å². The van der Waals surface area contributed by atoms with E-state index >= 15 is 0 Å². The summed E-state index contributed by atoms with van der Waals surface area (Å²) in [4.78, 5) is 3.77. The van der Waals surface area contributed by atoms with Crippen molar-refractivity contribution in [1.29, 1.82) is 0 Å². The largest absolute Gasteiger partial charge is 0.295 e. The Bertz CT molecular complexity index is 569. The van der Waals surface area contributed by atoms with E-state index in [1.54, 1.807) is 11.3 Å². The van der Waals surface area contributed by atoms with Crippen molar-refractivity contribution in [1.82, 2.24) is 9.91 Å². The molecule has 110 valence electrons. The maximum absolute atomic E-state index is 4.75. The smallest absolute Gasteiger partial charge is 0.0746 e. The van der Waals surface area contributed by atoms with Crippen LogP contribution in [0.25, 0.3) is 0 Å². The molecule has 1 aliphatic rings. The maximum atomic E-state index is 4.75. The van der Waals surface area contributed by atoms with Crippen LogP contribution in [0.2, 0.25) is 0 Å². The number of nitrogens with zero attached hydrogens (tertiary/aromatic N) is 3. The second-order valence-corrected chi connectivity index (χ2v) is 6.33. The van der Waals surface area contributed by atoms with Crippen LogP contribution in [-0.4, -0.2) is 41.8 Å². The number of thiophene rings is 1. The second-order valence-electron chi connectivity index (χ2n) is 5.38. The third-order valence-corrected chi connectivity index (χ3v) is 4.75. The van der Waals surface area contributed by atoms with Crippen LogP contribution in [0.1, 0.15) is 17.4 Å². The molecule has 3 nitrogen and oxygen atoms in total. The zero-order valence-corrected chi connectivity index (χ0v) is 13.2. The lowest BCUT2D eigenvalue weighted by molar-refractivity contribution is 0.130. The average Bonchev–Trinajstić information content (AvgIpc) is 3.05. The van der Waals surface area contributed by atoms with Gasteiger partial charge in [-0.1, -0.05) is 36.4 Å². The van der Waals surface area contributed by atoms with E-state index in [9.17, 15) is 0 Å². The lowest BCUT2D eigenvalue weighted by atomic mass is 10.2. The highest BCUT2D eigenvalue weighted by Gasteiger charge is 2.16. The first kappa shape index (κ1) is 14.3. The molecule has 2 aromatic rings. The molecular formula is C17H21N3S. The van der Waals surface area contributed by atoms with E-state index < -0.39 is 0 Å². The van der Waals surface area contributed by atoms with E-state index in [2.05, 4.69) is 64.7 Å². The van der Waals surface area contributed by atoms with Crippen molar-refractivity contribution >= 4 is 17.0 Å². The van der Waals surface area contributed by atoms with Crippen molar-refractivity contribution in [3.8, 4) is 0 Å². The molecule has 0 atom stereocenters. The molecule has 0 bridgehead atoms. The van der Waals surface area contributed by atoms with Crippen LogP contribution in [-0.2, 0) is 6.54 Å². The Morgan fingerprint density at radius 2 is 1.81 bits per heavy atom. The Morgan fingerprint density at radius 1 is 1.05 bits per heavy atom. The second kappa shape index (κ2) is 6.87. The van der Waals surface area contributed by atoms with Gasteiger partial charge in [-0.3, -0.25) is 9.91 Å². The summed E-state index contributed by atoms with van der Waals surface area (Å²) in [6, 6.07) is 14.9. The first-order valence-corrected chi connectivity index (χ1v) is 8.29. The standard InChI is InChI=1S/C17H21N3S/c1-15(17-8-5-13-21-17)18-20-11-9-19(10-12-20)14-16-6-3-2-4-7-16/h2-8,13H,9-12,14H2,1H3/b18-15-. The number of rotatable bonds is 4. The highest BCUT2D eigenvalue weighted by Crippen LogP contribution is 2.12. The molecule has 1 aromatic heterocycles. The highest BCUT2D eigenvalue weighted by atomic mass is 32.1. The molecule has 3 rings (SSSR count). The predicted molar refractivity (Wildman–Crippen MR) is 89.8 cm³/mol. The molecule has 1 aromatic carbocycles. The molecule has 2 heterocycles. The average molecular weight is 299 g/mol. The quantitative estimate of drug-likeness (QED) is 0.807. The lowest BCUT2D eigenvalue weighted by Crippen LogP contribution is -2.43. The normalized spacial score (nSPS) is 17.2. The summed E-state index contributed by atoms with van der Waals surface area (Å²) in [5.74, 6) is 0. The SMILES string of the molecule is C/C(=N/N1CCN(Cc2ccccc2)CC1)c1cccs1. The van der Waals surface area contributed by atoms with E-state index in [4.69, 9.17) is 5.10 Å². The summed E-state index contributed by atoms with van der Waals surface area (Å²) in [5.41, 5.74) is 2.52. The summed E-state index contributed by atoms with van der Waals surface area (Å²) in [6.07, 6.45) is 0. The maximum Gasteiger partial charge on any atom is 0.0746 e. The predicted octanol–water partition coefficient (Wildman–Crippen LogP) is 3.29. The van der Waals surface area contributed by atoms with Gasteiger partial charge in [0.15, 0.2) is 0 Å². The van der Waals surface area contributed by atoms with Gasteiger partial charge in [0.1, 0.15) is 0 Å². The molecule has 1 saturated heterocycles. The first-order chi connectivity index (χ1) is 10.3. The molecule has 21 heavy (non-hydrogen) atoms. The third-order valence-electron chi connectivity index (χ3n) is 3.77. The minimum absolute atomic E-state index is 1.01. The zero-order valence-electron chi connectivity index (χ0n) is 12.4. The van der Waals surface area contributed by atoms with E-state index in [1.165, 1.54) is 10.4 Å². The van der Waals surface area contributed by atoms with Gasteiger partial charge in [-0.25, -0.2) is 0 Å². The van der Waals surface area contributed by atoms with E-state index in [-0.39, 0.29) is 0 Å². The van der Waals surface area contributed by atoms with E-state index in [0.717, 1.165) is 38.4 Å².